The van der Waals surface area contributed by atoms with Crippen LogP contribution in [0.2, 0.25) is 0 Å². The molecule has 1 amide bonds. The number of imidazole rings is 1. The number of carbonyl (C=O) groups is 2. The van der Waals surface area contributed by atoms with Gasteiger partial charge in [-0.2, -0.15) is 4.98 Å². The number of carbonyl (C=O) groups excluding carboxylic acids is 1. The number of nitrogens with one attached hydrogen (secondary N) is 2. The number of anilines is 1. The maximum Gasteiger partial charge on any atom is 0.322 e. The lowest BCUT2D eigenvalue weighted by Gasteiger charge is -2.36. The predicted molar refractivity (Wildman–Crippen MR) is 127 cm³/mol. The number of hydrogen-bond acceptors (Lipinski definition) is 8. The first-order chi connectivity index (χ1) is 17.1. The first kappa shape index (κ1) is 25.2. The Bertz CT molecular complexity index is 1240. The summed E-state index contributed by atoms with van der Waals surface area (Å²) >= 11 is 0. The second kappa shape index (κ2) is 10.4. The van der Waals surface area contributed by atoms with Crippen molar-refractivity contribution in [1.29, 1.82) is 0 Å². The average molecular weight is 499 g/mol. The zero-order valence-corrected chi connectivity index (χ0v) is 20.1. The molecular weight excluding hydrogens is 471 g/mol. The summed E-state index contributed by atoms with van der Waals surface area (Å²) in [6, 6.07) is 7.46. The molecule has 190 valence electrons. The van der Waals surface area contributed by atoms with Crippen molar-refractivity contribution in [3.8, 4) is 17.1 Å². The predicted octanol–water partition coefficient (Wildman–Crippen LogP) is 2.54. The minimum atomic E-state index is -1.06. The number of rotatable bonds is 8. The fourth-order valence-electron chi connectivity index (χ4n) is 3.55. The summed E-state index contributed by atoms with van der Waals surface area (Å²) in [5, 5.41) is 14.4. The third-order valence-electron chi connectivity index (χ3n) is 5.44. The Morgan fingerprint density at radius 1 is 1.19 bits per heavy atom. The topological polar surface area (TPSA) is 140 Å². The molecule has 0 spiro atoms. The number of hydrogen-bond donors (Lipinski definition) is 3. The van der Waals surface area contributed by atoms with E-state index in [0.717, 1.165) is 0 Å². The first-order valence-electron chi connectivity index (χ1n) is 11.3. The molecule has 0 saturated carbocycles. The molecule has 0 atom stereocenters. The van der Waals surface area contributed by atoms with E-state index in [1.165, 1.54) is 18.3 Å². The van der Waals surface area contributed by atoms with Crippen molar-refractivity contribution in [2.75, 3.05) is 25.1 Å². The SMILES string of the molecule is CC(C)NC(=O)C1(C)COC(c2nc(-c3ccc(F)cc3)cn2-c2ccnc(NCC(=O)O)n2)OC1. The molecule has 36 heavy (non-hydrogen) atoms. The number of aliphatic carboxylic acids is 1. The Hall–Kier alpha value is -3.90. The summed E-state index contributed by atoms with van der Waals surface area (Å²) in [6.07, 6.45) is 2.26. The van der Waals surface area contributed by atoms with Crippen molar-refractivity contribution in [2.24, 2.45) is 5.41 Å². The highest BCUT2D eigenvalue weighted by atomic mass is 19.1. The quantitative estimate of drug-likeness (QED) is 0.427. The number of nitrogens with zero attached hydrogens (tertiary/aromatic N) is 4. The smallest absolute Gasteiger partial charge is 0.322 e. The number of benzene rings is 1. The zero-order valence-electron chi connectivity index (χ0n) is 20.1. The Kier molecular flexibility index (Phi) is 7.27. The Morgan fingerprint density at radius 3 is 2.53 bits per heavy atom. The van der Waals surface area contributed by atoms with E-state index in [1.54, 1.807) is 35.9 Å². The van der Waals surface area contributed by atoms with Crippen LogP contribution >= 0.6 is 0 Å². The molecule has 4 rings (SSSR count). The lowest BCUT2D eigenvalue weighted by molar-refractivity contribution is -0.231. The van der Waals surface area contributed by atoms with Crippen LogP contribution < -0.4 is 10.6 Å². The van der Waals surface area contributed by atoms with Crippen LogP contribution in [0.5, 0.6) is 0 Å². The standard InChI is InChI=1S/C24H27FN6O5/c1-14(2)28-22(34)24(3)12-35-21(36-13-24)20-29-17(15-4-6-16(25)7-5-15)11-31(20)18-8-9-26-23(30-18)27-10-19(32)33/h4-9,11,14,21H,10,12-13H2,1-3H3,(H,28,34)(H,32,33)(H,26,27,30). The molecule has 0 radical (unpaired) electrons. The molecule has 3 N–H and O–H groups in total. The first-order valence-corrected chi connectivity index (χ1v) is 11.3. The van der Waals surface area contributed by atoms with Gasteiger partial charge < -0.3 is 25.2 Å². The molecule has 1 aliphatic heterocycles. The lowest BCUT2D eigenvalue weighted by Crippen LogP contribution is -2.50. The highest BCUT2D eigenvalue weighted by Gasteiger charge is 2.41. The monoisotopic (exact) mass is 498 g/mol. The molecule has 1 aromatic carbocycles. The fraction of sp³-hybridized carbons (Fsp3) is 0.375. The second-order valence-corrected chi connectivity index (χ2v) is 8.99. The van der Waals surface area contributed by atoms with E-state index in [9.17, 15) is 14.0 Å². The van der Waals surface area contributed by atoms with Gasteiger partial charge in [-0.05, 0) is 51.1 Å². The minimum absolute atomic E-state index is 0.0223. The van der Waals surface area contributed by atoms with Crippen LogP contribution in [0.15, 0.2) is 42.7 Å². The van der Waals surface area contributed by atoms with Crippen LogP contribution in [0.4, 0.5) is 10.3 Å². The highest BCUT2D eigenvalue weighted by molar-refractivity contribution is 5.82. The van der Waals surface area contributed by atoms with Crippen molar-refractivity contribution in [3.05, 3.63) is 54.4 Å². The molecule has 3 aromatic rings. The molecule has 1 saturated heterocycles. The molecule has 0 unspecified atom stereocenters. The Balaban J connectivity index is 1.66. The van der Waals surface area contributed by atoms with Crippen LogP contribution in [0.1, 0.15) is 32.9 Å². The summed E-state index contributed by atoms with van der Waals surface area (Å²) in [5.74, 6) is -0.756. The van der Waals surface area contributed by atoms with Crippen molar-refractivity contribution < 1.29 is 28.6 Å². The van der Waals surface area contributed by atoms with E-state index in [4.69, 9.17) is 14.6 Å². The van der Waals surface area contributed by atoms with Gasteiger partial charge in [0.1, 0.15) is 18.2 Å². The van der Waals surface area contributed by atoms with Gasteiger partial charge in [0.05, 0.1) is 24.3 Å². The molecular formula is C24H27FN6O5. The van der Waals surface area contributed by atoms with Gasteiger partial charge in [-0.15, -0.1) is 0 Å². The molecule has 12 heteroatoms. The molecule has 1 fully saturated rings. The van der Waals surface area contributed by atoms with E-state index >= 15 is 0 Å². The average Bonchev–Trinajstić information content (AvgIpc) is 3.29. The largest absolute Gasteiger partial charge is 0.480 e. The second-order valence-electron chi connectivity index (χ2n) is 8.99. The van der Waals surface area contributed by atoms with Gasteiger partial charge in [0, 0.05) is 24.0 Å². The van der Waals surface area contributed by atoms with Crippen LogP contribution in [0, 0.1) is 11.2 Å². The summed E-state index contributed by atoms with van der Waals surface area (Å²) in [7, 11) is 0. The van der Waals surface area contributed by atoms with E-state index in [-0.39, 0.29) is 43.5 Å². The Morgan fingerprint density at radius 2 is 1.89 bits per heavy atom. The molecule has 2 aromatic heterocycles. The molecule has 3 heterocycles. The Labute approximate surface area is 206 Å². The summed E-state index contributed by atoms with van der Waals surface area (Å²) < 4.78 is 27.0. The van der Waals surface area contributed by atoms with E-state index in [1.807, 2.05) is 13.8 Å². The summed E-state index contributed by atoms with van der Waals surface area (Å²) in [6.45, 7) is 5.37. The minimum Gasteiger partial charge on any atom is -0.480 e. The number of carboxylic acids is 1. The molecule has 0 aliphatic carbocycles. The van der Waals surface area contributed by atoms with Gasteiger partial charge >= 0.3 is 5.97 Å². The number of ether oxygens (including phenoxy) is 2. The van der Waals surface area contributed by atoms with Gasteiger partial charge in [-0.25, -0.2) is 14.4 Å². The maximum atomic E-state index is 13.5. The van der Waals surface area contributed by atoms with Crippen LogP contribution in [-0.2, 0) is 19.1 Å². The van der Waals surface area contributed by atoms with Gasteiger partial charge in [0.25, 0.3) is 0 Å². The molecule has 0 bridgehead atoms. The van der Waals surface area contributed by atoms with Crippen molar-refractivity contribution in [1.82, 2.24) is 24.8 Å². The number of aromatic nitrogens is 4. The van der Waals surface area contributed by atoms with E-state index in [2.05, 4.69) is 25.6 Å². The van der Waals surface area contributed by atoms with Crippen molar-refractivity contribution >= 4 is 17.8 Å². The molecule has 1 aliphatic rings. The van der Waals surface area contributed by atoms with Crippen LogP contribution in [0.25, 0.3) is 17.1 Å². The fourth-order valence-corrected chi connectivity index (χ4v) is 3.55. The van der Waals surface area contributed by atoms with E-state index in [0.29, 0.717) is 22.9 Å². The highest BCUT2D eigenvalue weighted by Crippen LogP contribution is 2.34. The summed E-state index contributed by atoms with van der Waals surface area (Å²) in [4.78, 5) is 36.6. The van der Waals surface area contributed by atoms with Crippen LogP contribution in [-0.4, -0.2) is 62.3 Å². The zero-order chi connectivity index (χ0) is 25.9. The number of carboxylic acid groups (broad SMARTS) is 1. The summed E-state index contributed by atoms with van der Waals surface area (Å²) in [5.41, 5.74) is 0.300. The molecule has 11 nitrogen and oxygen atoms in total. The third-order valence-corrected chi connectivity index (χ3v) is 5.44. The maximum absolute atomic E-state index is 13.5. The third kappa shape index (κ3) is 5.66. The van der Waals surface area contributed by atoms with Crippen LogP contribution in [0.3, 0.4) is 0 Å². The van der Waals surface area contributed by atoms with Crippen molar-refractivity contribution in [2.45, 2.75) is 33.1 Å². The number of amides is 1. The van der Waals surface area contributed by atoms with E-state index < -0.39 is 17.7 Å². The van der Waals surface area contributed by atoms with Crippen molar-refractivity contribution in [3.63, 3.8) is 0 Å². The lowest BCUT2D eigenvalue weighted by atomic mass is 9.90. The van der Waals surface area contributed by atoms with Gasteiger partial charge in [-0.1, -0.05) is 0 Å². The van der Waals surface area contributed by atoms with Gasteiger partial charge in [0.2, 0.25) is 18.1 Å². The normalized spacial score (nSPS) is 19.8. The van der Waals surface area contributed by atoms with Gasteiger partial charge in [-0.3, -0.25) is 14.2 Å². The van der Waals surface area contributed by atoms with Gasteiger partial charge in [0.15, 0.2) is 5.82 Å². The number of halogens is 1.